The van der Waals surface area contributed by atoms with Gasteiger partial charge in [-0.05, 0) is 27.2 Å². The summed E-state index contributed by atoms with van der Waals surface area (Å²) < 4.78 is 4.92. The van der Waals surface area contributed by atoms with Gasteiger partial charge in [0.1, 0.15) is 0 Å². The molecule has 0 aliphatic carbocycles. The molecule has 0 spiro atoms. The summed E-state index contributed by atoms with van der Waals surface area (Å²) in [6.45, 7) is 9.56. The summed E-state index contributed by atoms with van der Waals surface area (Å²) in [5, 5.41) is 3.14. The van der Waals surface area contributed by atoms with Crippen molar-refractivity contribution in [3.8, 4) is 0 Å². The molecule has 1 unspecified atom stereocenters. The van der Waals surface area contributed by atoms with Gasteiger partial charge in [-0.1, -0.05) is 6.08 Å². The smallest absolute Gasteiger partial charge is 0.341 e. The average molecular weight is 249 g/mol. The Hall–Kier alpha value is -1.91. The Kier molecular flexibility index (Phi) is 5.30. The number of carbonyl (C=O) groups is 1. The van der Waals surface area contributed by atoms with Crippen LogP contribution >= 0.6 is 0 Å². The molecule has 0 radical (unpaired) electrons. The third-order valence-electron chi connectivity index (χ3n) is 2.37. The first-order valence-corrected chi connectivity index (χ1v) is 5.96. The highest BCUT2D eigenvalue weighted by Gasteiger charge is 2.13. The topological polar surface area (TPSA) is 64.1 Å². The third-order valence-corrected chi connectivity index (χ3v) is 2.37. The molecule has 0 saturated heterocycles. The Morgan fingerprint density at radius 1 is 1.67 bits per heavy atom. The van der Waals surface area contributed by atoms with Gasteiger partial charge in [-0.3, -0.25) is 0 Å². The zero-order valence-corrected chi connectivity index (χ0v) is 11.1. The van der Waals surface area contributed by atoms with Crippen molar-refractivity contribution in [1.82, 2.24) is 9.97 Å². The molecule has 1 aromatic heterocycles. The molecule has 1 N–H and O–H groups in total. The maximum Gasteiger partial charge on any atom is 0.341 e. The Bertz CT molecular complexity index is 432. The van der Waals surface area contributed by atoms with Gasteiger partial charge in [-0.15, -0.1) is 6.58 Å². The Labute approximate surface area is 107 Å². The van der Waals surface area contributed by atoms with Crippen molar-refractivity contribution in [2.75, 3.05) is 11.9 Å². The minimum Gasteiger partial charge on any atom is -0.462 e. The highest BCUT2D eigenvalue weighted by Crippen LogP contribution is 2.10. The van der Waals surface area contributed by atoms with Crippen LogP contribution in [0.25, 0.3) is 0 Å². The molecule has 1 rings (SSSR count). The van der Waals surface area contributed by atoms with E-state index >= 15 is 0 Å². The summed E-state index contributed by atoms with van der Waals surface area (Å²) in [5.41, 5.74) is 1.01. The lowest BCUT2D eigenvalue weighted by atomic mass is 10.2. The summed E-state index contributed by atoms with van der Waals surface area (Å²) in [6.07, 6.45) is 4.14. The summed E-state index contributed by atoms with van der Waals surface area (Å²) in [5.74, 6) is 0.121. The highest BCUT2D eigenvalue weighted by molar-refractivity contribution is 5.90. The lowest BCUT2D eigenvalue weighted by molar-refractivity contribution is 0.0524. The number of rotatable bonds is 6. The van der Waals surface area contributed by atoms with Gasteiger partial charge in [0, 0.05) is 12.2 Å². The van der Waals surface area contributed by atoms with Crippen molar-refractivity contribution < 1.29 is 9.53 Å². The number of esters is 1. The van der Waals surface area contributed by atoms with Crippen LogP contribution in [-0.4, -0.2) is 28.6 Å². The van der Waals surface area contributed by atoms with E-state index in [9.17, 15) is 4.79 Å². The van der Waals surface area contributed by atoms with E-state index in [0.717, 1.165) is 6.42 Å². The molecular weight excluding hydrogens is 230 g/mol. The summed E-state index contributed by atoms with van der Waals surface area (Å²) in [7, 11) is 0. The maximum absolute atomic E-state index is 11.6. The van der Waals surface area contributed by atoms with E-state index in [1.165, 1.54) is 6.20 Å². The van der Waals surface area contributed by atoms with Crippen LogP contribution in [0, 0.1) is 6.92 Å². The van der Waals surface area contributed by atoms with E-state index in [4.69, 9.17) is 4.74 Å². The van der Waals surface area contributed by atoms with E-state index in [1.807, 2.05) is 13.0 Å². The Morgan fingerprint density at radius 2 is 2.39 bits per heavy atom. The van der Waals surface area contributed by atoms with E-state index in [-0.39, 0.29) is 12.0 Å². The second kappa shape index (κ2) is 6.74. The second-order valence-electron chi connectivity index (χ2n) is 3.98. The normalized spacial score (nSPS) is 11.7. The molecule has 1 aromatic rings. The fraction of sp³-hybridized carbons (Fsp3) is 0.462. The largest absolute Gasteiger partial charge is 0.462 e. The second-order valence-corrected chi connectivity index (χ2v) is 3.98. The fourth-order valence-corrected chi connectivity index (χ4v) is 1.48. The van der Waals surface area contributed by atoms with Gasteiger partial charge in [0.25, 0.3) is 0 Å². The quantitative estimate of drug-likeness (QED) is 0.619. The van der Waals surface area contributed by atoms with Crippen molar-refractivity contribution in [3.05, 3.63) is 30.1 Å². The number of nitrogens with one attached hydrogen (secondary N) is 1. The molecule has 98 valence electrons. The lowest BCUT2D eigenvalue weighted by Crippen LogP contribution is -2.17. The van der Waals surface area contributed by atoms with Crippen molar-refractivity contribution in [1.29, 1.82) is 0 Å². The zero-order valence-electron chi connectivity index (χ0n) is 11.1. The summed E-state index contributed by atoms with van der Waals surface area (Å²) in [6, 6.07) is 0.204. The van der Waals surface area contributed by atoms with Crippen LogP contribution in [-0.2, 0) is 4.74 Å². The number of nitrogens with zero attached hydrogens (tertiary/aromatic N) is 2. The van der Waals surface area contributed by atoms with E-state index in [1.54, 1.807) is 13.8 Å². The van der Waals surface area contributed by atoms with Gasteiger partial charge in [0.15, 0.2) is 0 Å². The highest BCUT2D eigenvalue weighted by atomic mass is 16.5. The van der Waals surface area contributed by atoms with Gasteiger partial charge in [-0.2, -0.15) is 0 Å². The van der Waals surface area contributed by atoms with Gasteiger partial charge in [-0.25, -0.2) is 14.8 Å². The molecule has 0 fully saturated rings. The standard InChI is InChI=1S/C13H19N3O2/c1-5-7-9(3)15-13-14-8-11(10(4)16-13)12(17)18-6-2/h5,8-9H,1,6-7H2,2-4H3,(H,14,15,16). The first kappa shape index (κ1) is 14.2. The van der Waals surface area contributed by atoms with E-state index in [2.05, 4.69) is 21.9 Å². The average Bonchev–Trinajstić information content (AvgIpc) is 2.29. The number of hydrogen-bond acceptors (Lipinski definition) is 5. The minimum atomic E-state index is -0.388. The number of carbonyl (C=O) groups excluding carboxylic acids is 1. The predicted molar refractivity (Wildman–Crippen MR) is 70.6 cm³/mol. The number of anilines is 1. The monoisotopic (exact) mass is 249 g/mol. The molecule has 1 atom stereocenters. The van der Waals surface area contributed by atoms with E-state index < -0.39 is 0 Å². The number of ether oxygens (including phenoxy) is 1. The van der Waals surface area contributed by atoms with Crippen LogP contribution < -0.4 is 5.32 Å². The summed E-state index contributed by atoms with van der Waals surface area (Å²) >= 11 is 0. The zero-order chi connectivity index (χ0) is 13.5. The first-order chi connectivity index (χ1) is 8.58. The molecule has 0 aromatic carbocycles. The minimum absolute atomic E-state index is 0.204. The molecule has 0 saturated carbocycles. The van der Waals surface area contributed by atoms with Crippen molar-refractivity contribution >= 4 is 11.9 Å². The number of aryl methyl sites for hydroxylation is 1. The number of hydrogen-bond donors (Lipinski definition) is 1. The van der Waals surface area contributed by atoms with Gasteiger partial charge in [0.2, 0.25) is 5.95 Å². The van der Waals surface area contributed by atoms with Gasteiger partial charge in [0.05, 0.1) is 17.9 Å². The first-order valence-electron chi connectivity index (χ1n) is 5.96. The van der Waals surface area contributed by atoms with Crippen molar-refractivity contribution in [2.45, 2.75) is 33.2 Å². The molecule has 5 nitrogen and oxygen atoms in total. The van der Waals surface area contributed by atoms with Crippen LogP contribution in [0.1, 0.15) is 36.3 Å². The molecule has 0 aliphatic rings. The molecule has 5 heteroatoms. The number of aromatic nitrogens is 2. The predicted octanol–water partition coefficient (Wildman–Crippen LogP) is 2.34. The summed E-state index contributed by atoms with van der Waals surface area (Å²) in [4.78, 5) is 19.9. The Balaban J connectivity index is 2.79. The molecule has 0 amide bonds. The van der Waals surface area contributed by atoms with Gasteiger partial charge >= 0.3 is 5.97 Å². The lowest BCUT2D eigenvalue weighted by Gasteiger charge is -2.12. The molecule has 1 heterocycles. The van der Waals surface area contributed by atoms with Crippen molar-refractivity contribution in [2.24, 2.45) is 0 Å². The van der Waals surface area contributed by atoms with Crippen molar-refractivity contribution in [3.63, 3.8) is 0 Å². The molecule has 0 aliphatic heterocycles. The van der Waals surface area contributed by atoms with E-state index in [0.29, 0.717) is 23.8 Å². The maximum atomic E-state index is 11.6. The van der Waals surface area contributed by atoms with Crippen LogP contribution in [0.2, 0.25) is 0 Å². The van der Waals surface area contributed by atoms with Crippen LogP contribution in [0.15, 0.2) is 18.9 Å². The van der Waals surface area contributed by atoms with Crippen LogP contribution in [0.4, 0.5) is 5.95 Å². The fourth-order valence-electron chi connectivity index (χ4n) is 1.48. The third kappa shape index (κ3) is 3.84. The molecule has 0 bridgehead atoms. The Morgan fingerprint density at radius 3 is 2.94 bits per heavy atom. The van der Waals surface area contributed by atoms with Crippen LogP contribution in [0.5, 0.6) is 0 Å². The van der Waals surface area contributed by atoms with Crippen LogP contribution in [0.3, 0.4) is 0 Å². The molecular formula is C13H19N3O2. The molecule has 18 heavy (non-hydrogen) atoms. The SMILES string of the molecule is C=CCC(C)Nc1ncc(C(=O)OCC)c(C)n1. The van der Waals surface area contributed by atoms with Gasteiger partial charge < -0.3 is 10.1 Å².